The average Bonchev–Trinajstić information content (AvgIpc) is 2.94. The second-order valence-corrected chi connectivity index (χ2v) is 6.32. The fourth-order valence-corrected chi connectivity index (χ4v) is 3.78. The lowest BCUT2D eigenvalue weighted by Gasteiger charge is -2.36. The summed E-state index contributed by atoms with van der Waals surface area (Å²) in [6.45, 7) is 5.16. The van der Waals surface area contributed by atoms with Gasteiger partial charge in [0.2, 0.25) is 0 Å². The molecule has 0 aliphatic heterocycles. The predicted molar refractivity (Wildman–Crippen MR) is 90.3 cm³/mol. The van der Waals surface area contributed by atoms with Crippen LogP contribution in [0.2, 0.25) is 0 Å². The summed E-state index contributed by atoms with van der Waals surface area (Å²) in [5.74, 6) is -2.33. The highest BCUT2D eigenvalue weighted by Crippen LogP contribution is 2.53. The van der Waals surface area contributed by atoms with Crippen LogP contribution in [-0.2, 0) is 28.6 Å². The number of ether oxygens (including phenoxy) is 3. The van der Waals surface area contributed by atoms with Gasteiger partial charge in [-0.25, -0.2) is 0 Å². The predicted octanol–water partition coefficient (Wildman–Crippen LogP) is 2.35. The average molecular weight is 348 g/mol. The molecule has 0 amide bonds. The van der Waals surface area contributed by atoms with Gasteiger partial charge in [0.25, 0.3) is 0 Å². The van der Waals surface area contributed by atoms with Crippen molar-refractivity contribution in [3.8, 4) is 0 Å². The highest BCUT2D eigenvalue weighted by Gasteiger charge is 2.60. The molecule has 0 spiro atoms. The van der Waals surface area contributed by atoms with Crippen molar-refractivity contribution in [1.82, 2.24) is 0 Å². The molecule has 25 heavy (non-hydrogen) atoms. The van der Waals surface area contributed by atoms with E-state index in [1.54, 1.807) is 6.08 Å². The van der Waals surface area contributed by atoms with Gasteiger partial charge >= 0.3 is 17.9 Å². The van der Waals surface area contributed by atoms with Crippen LogP contribution in [0.5, 0.6) is 0 Å². The SMILES string of the molecule is C/C=C(\C)C1=CC(C(=O)OC)(C(=O)OC)[C@@H]2C[C@@H](OC(C)=O)C=C[C@H]12. The van der Waals surface area contributed by atoms with Crippen molar-refractivity contribution in [2.75, 3.05) is 14.2 Å². The van der Waals surface area contributed by atoms with E-state index in [0.29, 0.717) is 6.42 Å². The van der Waals surface area contributed by atoms with E-state index in [4.69, 9.17) is 14.2 Å². The van der Waals surface area contributed by atoms with Crippen molar-refractivity contribution in [3.05, 3.63) is 35.5 Å². The van der Waals surface area contributed by atoms with Crippen molar-refractivity contribution in [2.24, 2.45) is 17.3 Å². The molecule has 0 unspecified atom stereocenters. The van der Waals surface area contributed by atoms with Crippen LogP contribution in [-0.4, -0.2) is 38.2 Å². The molecule has 0 saturated carbocycles. The fourth-order valence-electron chi connectivity index (χ4n) is 3.78. The van der Waals surface area contributed by atoms with Crippen LogP contribution >= 0.6 is 0 Å². The van der Waals surface area contributed by atoms with Crippen molar-refractivity contribution in [2.45, 2.75) is 33.3 Å². The van der Waals surface area contributed by atoms with Gasteiger partial charge in [0.15, 0.2) is 5.41 Å². The van der Waals surface area contributed by atoms with Crippen molar-refractivity contribution in [3.63, 3.8) is 0 Å². The lowest BCUT2D eigenvalue weighted by atomic mass is 9.69. The Bertz CT molecular complexity index is 653. The monoisotopic (exact) mass is 348 g/mol. The number of methoxy groups -OCH3 is 2. The van der Waals surface area contributed by atoms with E-state index in [2.05, 4.69) is 0 Å². The standard InChI is InChI=1S/C19H24O6/c1-6-11(2)15-10-19(17(21)23-4,18(22)24-5)16-9-13(25-12(3)20)7-8-14(15)16/h6-8,10,13-14,16H,9H2,1-5H3/b11-6+/t13-,14+,16+/m0/s1. The summed E-state index contributed by atoms with van der Waals surface area (Å²) in [6.07, 6.45) is 7.14. The third-order valence-electron chi connectivity index (χ3n) is 5.03. The van der Waals surface area contributed by atoms with Crippen LogP contribution in [0.25, 0.3) is 0 Å². The second kappa shape index (κ2) is 7.25. The summed E-state index contributed by atoms with van der Waals surface area (Å²) in [5.41, 5.74) is 0.317. The smallest absolute Gasteiger partial charge is 0.327 e. The number of allylic oxidation sites excluding steroid dienone is 4. The van der Waals surface area contributed by atoms with Gasteiger partial charge in [-0.1, -0.05) is 23.8 Å². The minimum atomic E-state index is -1.54. The van der Waals surface area contributed by atoms with Gasteiger partial charge in [0, 0.05) is 18.8 Å². The molecule has 0 aromatic heterocycles. The number of esters is 3. The summed E-state index contributed by atoms with van der Waals surface area (Å²) < 4.78 is 15.2. The Morgan fingerprint density at radius 1 is 1.12 bits per heavy atom. The maximum absolute atomic E-state index is 12.7. The molecule has 3 atom stereocenters. The van der Waals surface area contributed by atoms with Crippen molar-refractivity contribution < 1.29 is 28.6 Å². The van der Waals surface area contributed by atoms with E-state index in [-0.39, 0.29) is 5.92 Å². The van der Waals surface area contributed by atoms with Crippen LogP contribution in [0.15, 0.2) is 35.5 Å². The first-order valence-electron chi connectivity index (χ1n) is 8.20. The Labute approximate surface area is 147 Å². The van der Waals surface area contributed by atoms with Crippen molar-refractivity contribution in [1.29, 1.82) is 0 Å². The zero-order valence-corrected chi connectivity index (χ0v) is 15.2. The molecule has 6 heteroatoms. The molecule has 0 N–H and O–H groups in total. The molecule has 0 heterocycles. The highest BCUT2D eigenvalue weighted by atomic mass is 16.5. The van der Waals surface area contributed by atoms with E-state index < -0.39 is 35.3 Å². The van der Waals surface area contributed by atoms with Gasteiger partial charge in [-0.15, -0.1) is 0 Å². The van der Waals surface area contributed by atoms with E-state index >= 15 is 0 Å². The number of hydrogen-bond acceptors (Lipinski definition) is 6. The van der Waals surface area contributed by atoms with Gasteiger partial charge in [0.1, 0.15) is 6.10 Å². The minimum Gasteiger partial charge on any atom is -0.468 e. The summed E-state index contributed by atoms with van der Waals surface area (Å²) in [5, 5.41) is 0. The molecule has 0 fully saturated rings. The Balaban J connectivity index is 2.58. The first-order chi connectivity index (χ1) is 11.8. The fraction of sp³-hybridized carbons (Fsp3) is 0.526. The van der Waals surface area contributed by atoms with E-state index in [0.717, 1.165) is 11.1 Å². The lowest BCUT2D eigenvalue weighted by molar-refractivity contribution is -0.170. The molecule has 0 bridgehead atoms. The first-order valence-corrected chi connectivity index (χ1v) is 8.20. The lowest BCUT2D eigenvalue weighted by Crippen LogP contribution is -2.47. The number of fused-ring (bicyclic) bond motifs is 1. The normalized spacial score (nSPS) is 27.2. The van der Waals surface area contributed by atoms with Crippen LogP contribution in [0.4, 0.5) is 0 Å². The Morgan fingerprint density at radius 3 is 2.20 bits per heavy atom. The van der Waals surface area contributed by atoms with Gasteiger partial charge in [-0.05, 0) is 31.9 Å². The topological polar surface area (TPSA) is 78.9 Å². The number of carbonyl (C=O) groups excluding carboxylic acids is 3. The van der Waals surface area contributed by atoms with Crippen LogP contribution in [0, 0.1) is 17.3 Å². The van der Waals surface area contributed by atoms with Crippen LogP contribution in [0.3, 0.4) is 0 Å². The highest BCUT2D eigenvalue weighted by molar-refractivity contribution is 6.04. The summed E-state index contributed by atoms with van der Waals surface area (Å²) in [7, 11) is 2.50. The molecule has 0 aromatic carbocycles. The largest absolute Gasteiger partial charge is 0.468 e. The number of carbonyl (C=O) groups is 3. The second-order valence-electron chi connectivity index (χ2n) is 6.32. The summed E-state index contributed by atoms with van der Waals surface area (Å²) in [6, 6.07) is 0. The molecule has 2 aliphatic carbocycles. The van der Waals surface area contributed by atoms with E-state index in [1.165, 1.54) is 21.1 Å². The maximum atomic E-state index is 12.7. The molecule has 2 rings (SSSR count). The van der Waals surface area contributed by atoms with Gasteiger partial charge in [0.05, 0.1) is 14.2 Å². The third kappa shape index (κ3) is 3.13. The van der Waals surface area contributed by atoms with Crippen LogP contribution in [0.1, 0.15) is 27.2 Å². The van der Waals surface area contributed by atoms with Gasteiger partial charge < -0.3 is 14.2 Å². The molecule has 0 aromatic rings. The van der Waals surface area contributed by atoms with E-state index in [1.807, 2.05) is 32.1 Å². The number of rotatable bonds is 4. The molecule has 6 nitrogen and oxygen atoms in total. The number of hydrogen-bond donors (Lipinski definition) is 0. The maximum Gasteiger partial charge on any atom is 0.327 e. The molecular weight excluding hydrogens is 324 g/mol. The van der Waals surface area contributed by atoms with E-state index in [9.17, 15) is 14.4 Å². The Hall–Kier alpha value is -2.37. The quantitative estimate of drug-likeness (QED) is 0.336. The first kappa shape index (κ1) is 19.0. The summed E-state index contributed by atoms with van der Waals surface area (Å²) >= 11 is 0. The molecular formula is C19H24O6. The third-order valence-corrected chi connectivity index (χ3v) is 5.03. The molecule has 0 radical (unpaired) electrons. The molecule has 2 aliphatic rings. The zero-order chi connectivity index (χ0) is 18.8. The zero-order valence-electron chi connectivity index (χ0n) is 15.2. The minimum absolute atomic E-state index is 0.152. The summed E-state index contributed by atoms with van der Waals surface area (Å²) in [4.78, 5) is 36.6. The molecule has 0 saturated heterocycles. The van der Waals surface area contributed by atoms with Crippen LogP contribution < -0.4 is 0 Å². The Morgan fingerprint density at radius 2 is 1.72 bits per heavy atom. The Kier molecular flexibility index (Phi) is 5.50. The molecule has 136 valence electrons. The van der Waals surface area contributed by atoms with Crippen molar-refractivity contribution >= 4 is 17.9 Å². The van der Waals surface area contributed by atoms with Gasteiger partial charge in [-0.3, -0.25) is 14.4 Å². The van der Waals surface area contributed by atoms with Gasteiger partial charge in [-0.2, -0.15) is 0 Å².